The molecule has 1 aliphatic heterocycles. The molecule has 1 fully saturated rings. The molecule has 2 aromatic rings. The van der Waals surface area contributed by atoms with Gasteiger partial charge in [0, 0.05) is 26.3 Å². The Labute approximate surface area is 159 Å². The second-order valence-electron chi connectivity index (χ2n) is 6.48. The predicted octanol–water partition coefficient (Wildman–Crippen LogP) is 4.68. The standard InChI is InChI=1S/C19H18F4N2OS/c1-24(2)14-6-3-12(4-7-14)10-25-17(26)11-27-18(25)13-5-8-15(16(20)9-13)19(21,22)23/h3-9,18H,10-11H2,1-2H3. The lowest BCUT2D eigenvalue weighted by Gasteiger charge is -2.25. The zero-order valence-electron chi connectivity index (χ0n) is 14.8. The van der Waals surface area contributed by atoms with Crippen molar-refractivity contribution in [3.05, 3.63) is 65.0 Å². The molecule has 0 aromatic heterocycles. The van der Waals surface area contributed by atoms with E-state index in [0.29, 0.717) is 12.1 Å². The number of anilines is 1. The van der Waals surface area contributed by atoms with Crippen molar-refractivity contribution in [2.45, 2.75) is 18.1 Å². The normalized spacial score (nSPS) is 17.5. The maximum Gasteiger partial charge on any atom is 0.419 e. The van der Waals surface area contributed by atoms with Gasteiger partial charge in [0.2, 0.25) is 5.91 Å². The summed E-state index contributed by atoms with van der Waals surface area (Å²) < 4.78 is 52.2. The van der Waals surface area contributed by atoms with Gasteiger partial charge in [-0.1, -0.05) is 18.2 Å². The molecule has 0 aliphatic carbocycles. The van der Waals surface area contributed by atoms with Crippen molar-refractivity contribution < 1.29 is 22.4 Å². The number of hydrogen-bond donors (Lipinski definition) is 0. The number of rotatable bonds is 4. The van der Waals surface area contributed by atoms with E-state index < -0.39 is 22.9 Å². The molecule has 1 heterocycles. The number of alkyl halides is 3. The molecule has 2 aromatic carbocycles. The molecule has 3 rings (SSSR count). The SMILES string of the molecule is CN(C)c1ccc(CN2C(=O)CSC2c2ccc(C(F)(F)F)c(F)c2)cc1. The molecule has 0 radical (unpaired) electrons. The van der Waals surface area contributed by atoms with E-state index in [1.165, 1.54) is 17.8 Å². The maximum absolute atomic E-state index is 13.9. The van der Waals surface area contributed by atoms with Crippen molar-refractivity contribution in [3.63, 3.8) is 0 Å². The number of carbonyl (C=O) groups is 1. The van der Waals surface area contributed by atoms with Gasteiger partial charge in [0.1, 0.15) is 11.2 Å². The maximum atomic E-state index is 13.9. The fourth-order valence-electron chi connectivity index (χ4n) is 2.91. The Morgan fingerprint density at radius 1 is 1.15 bits per heavy atom. The van der Waals surface area contributed by atoms with Crippen LogP contribution in [0.1, 0.15) is 22.1 Å². The van der Waals surface area contributed by atoms with E-state index in [1.807, 2.05) is 43.3 Å². The Kier molecular flexibility index (Phi) is 5.37. The molecule has 27 heavy (non-hydrogen) atoms. The summed E-state index contributed by atoms with van der Waals surface area (Å²) in [6.07, 6.45) is -4.74. The first-order valence-electron chi connectivity index (χ1n) is 8.21. The van der Waals surface area contributed by atoms with E-state index >= 15 is 0 Å². The number of thioether (sulfide) groups is 1. The molecular weight excluding hydrogens is 380 g/mol. The van der Waals surface area contributed by atoms with Crippen molar-refractivity contribution in [3.8, 4) is 0 Å². The minimum atomic E-state index is -4.74. The second-order valence-corrected chi connectivity index (χ2v) is 7.55. The van der Waals surface area contributed by atoms with Crippen molar-refractivity contribution in [2.24, 2.45) is 0 Å². The van der Waals surface area contributed by atoms with Gasteiger partial charge in [-0.05, 0) is 35.4 Å². The number of nitrogens with zero attached hydrogens (tertiary/aromatic N) is 2. The van der Waals surface area contributed by atoms with Crippen molar-refractivity contribution in [2.75, 3.05) is 24.7 Å². The first kappa shape index (κ1) is 19.5. The number of carbonyl (C=O) groups excluding carboxylic acids is 1. The number of amides is 1. The topological polar surface area (TPSA) is 23.6 Å². The van der Waals surface area contributed by atoms with Gasteiger partial charge in [0.25, 0.3) is 0 Å². The summed E-state index contributed by atoms with van der Waals surface area (Å²) >= 11 is 1.28. The predicted molar refractivity (Wildman–Crippen MR) is 97.9 cm³/mol. The summed E-state index contributed by atoms with van der Waals surface area (Å²) in [4.78, 5) is 15.8. The Hall–Kier alpha value is -2.22. The molecule has 3 nitrogen and oxygen atoms in total. The highest BCUT2D eigenvalue weighted by molar-refractivity contribution is 8.00. The molecule has 144 valence electrons. The molecule has 1 unspecified atom stereocenters. The van der Waals surface area contributed by atoms with Gasteiger partial charge in [-0.15, -0.1) is 11.8 Å². The third kappa shape index (κ3) is 4.21. The lowest BCUT2D eigenvalue weighted by Crippen LogP contribution is -2.27. The molecule has 0 bridgehead atoms. The number of benzene rings is 2. The van der Waals surface area contributed by atoms with Crippen LogP contribution in [0.3, 0.4) is 0 Å². The largest absolute Gasteiger partial charge is 0.419 e. The number of halogens is 4. The third-order valence-corrected chi connectivity index (χ3v) is 5.61. The lowest BCUT2D eigenvalue weighted by molar-refractivity contribution is -0.140. The molecule has 1 saturated heterocycles. The van der Waals surface area contributed by atoms with Crippen LogP contribution in [0.4, 0.5) is 23.2 Å². The Morgan fingerprint density at radius 3 is 2.37 bits per heavy atom. The summed E-state index contributed by atoms with van der Waals surface area (Å²) in [5.74, 6) is -1.24. The molecule has 1 amide bonds. The van der Waals surface area contributed by atoms with E-state index in [9.17, 15) is 22.4 Å². The monoisotopic (exact) mass is 398 g/mol. The van der Waals surface area contributed by atoms with Crippen LogP contribution < -0.4 is 4.90 Å². The quantitative estimate of drug-likeness (QED) is 0.699. The van der Waals surface area contributed by atoms with E-state index in [1.54, 1.807) is 4.90 Å². The Balaban J connectivity index is 1.83. The van der Waals surface area contributed by atoms with Crippen LogP contribution in [0.5, 0.6) is 0 Å². The van der Waals surface area contributed by atoms with E-state index in [0.717, 1.165) is 23.4 Å². The van der Waals surface area contributed by atoms with Crippen LogP contribution in [0.15, 0.2) is 42.5 Å². The second kappa shape index (κ2) is 7.42. The molecular formula is C19H18F4N2OS. The van der Waals surface area contributed by atoms with Gasteiger partial charge in [0.15, 0.2) is 0 Å². The highest BCUT2D eigenvalue weighted by atomic mass is 32.2. The first-order valence-corrected chi connectivity index (χ1v) is 9.25. The minimum Gasteiger partial charge on any atom is -0.378 e. The fourth-order valence-corrected chi connectivity index (χ4v) is 4.09. The molecule has 8 heteroatoms. The van der Waals surface area contributed by atoms with Crippen molar-refractivity contribution in [1.82, 2.24) is 4.90 Å². The van der Waals surface area contributed by atoms with E-state index in [4.69, 9.17) is 0 Å². The van der Waals surface area contributed by atoms with Crippen LogP contribution in [0.2, 0.25) is 0 Å². The molecule has 0 spiro atoms. The fraction of sp³-hybridized carbons (Fsp3) is 0.316. The van der Waals surface area contributed by atoms with E-state index in [2.05, 4.69) is 0 Å². The van der Waals surface area contributed by atoms with Crippen LogP contribution >= 0.6 is 11.8 Å². The van der Waals surface area contributed by atoms with Gasteiger partial charge in [0.05, 0.1) is 11.3 Å². The Morgan fingerprint density at radius 2 is 1.81 bits per heavy atom. The first-order chi connectivity index (χ1) is 12.7. The highest BCUT2D eigenvalue weighted by Crippen LogP contribution is 2.41. The summed E-state index contributed by atoms with van der Waals surface area (Å²) in [6, 6.07) is 10.5. The zero-order valence-corrected chi connectivity index (χ0v) is 15.6. The van der Waals surface area contributed by atoms with Crippen molar-refractivity contribution in [1.29, 1.82) is 0 Å². The summed E-state index contributed by atoms with van der Waals surface area (Å²) in [5.41, 5.74) is 0.962. The van der Waals surface area contributed by atoms with Crippen LogP contribution in [0, 0.1) is 5.82 Å². The average Bonchev–Trinajstić information content (AvgIpc) is 2.95. The van der Waals surface area contributed by atoms with Gasteiger partial charge < -0.3 is 9.80 Å². The average molecular weight is 398 g/mol. The summed E-state index contributed by atoms with van der Waals surface area (Å²) in [7, 11) is 3.84. The van der Waals surface area contributed by atoms with E-state index in [-0.39, 0.29) is 11.7 Å². The summed E-state index contributed by atoms with van der Waals surface area (Å²) in [5, 5.41) is -0.511. The minimum absolute atomic E-state index is 0.123. The lowest BCUT2D eigenvalue weighted by atomic mass is 10.1. The molecule has 0 N–H and O–H groups in total. The molecule has 1 atom stereocenters. The summed E-state index contributed by atoms with van der Waals surface area (Å²) in [6.45, 7) is 0.312. The van der Waals surface area contributed by atoms with Gasteiger partial charge >= 0.3 is 6.18 Å². The van der Waals surface area contributed by atoms with Gasteiger partial charge in [-0.25, -0.2) is 4.39 Å². The van der Waals surface area contributed by atoms with Crippen LogP contribution in [0.25, 0.3) is 0 Å². The zero-order chi connectivity index (χ0) is 19.8. The van der Waals surface area contributed by atoms with Gasteiger partial charge in [-0.2, -0.15) is 13.2 Å². The molecule has 0 saturated carbocycles. The smallest absolute Gasteiger partial charge is 0.378 e. The van der Waals surface area contributed by atoms with Crippen LogP contribution in [-0.4, -0.2) is 30.7 Å². The number of hydrogen-bond acceptors (Lipinski definition) is 3. The third-order valence-electron chi connectivity index (χ3n) is 4.36. The van der Waals surface area contributed by atoms with Gasteiger partial charge in [-0.3, -0.25) is 4.79 Å². The molecule has 1 aliphatic rings. The van der Waals surface area contributed by atoms with Crippen molar-refractivity contribution >= 4 is 23.4 Å². The Bertz CT molecular complexity index is 837. The van der Waals surface area contributed by atoms with Crippen LogP contribution in [-0.2, 0) is 17.5 Å². The highest BCUT2D eigenvalue weighted by Gasteiger charge is 2.37.